The monoisotopic (exact) mass is 268 g/mol. The van der Waals surface area contributed by atoms with Crippen LogP contribution in [-0.4, -0.2) is 41.6 Å². The Labute approximate surface area is 114 Å². The first-order valence-electron chi connectivity index (χ1n) is 7.14. The normalized spacial score (nSPS) is 21.1. The number of carbonyl (C=O) groups is 2. The molecule has 2 amide bonds. The van der Waals surface area contributed by atoms with Crippen LogP contribution < -0.4 is 5.32 Å². The maximum atomic E-state index is 12.3. The number of carbonyl (C=O) groups excluding carboxylic acids is 2. The largest absolute Gasteiger partial charge is 0.436 e. The van der Waals surface area contributed by atoms with Crippen LogP contribution in [0, 0.1) is 5.92 Å². The van der Waals surface area contributed by atoms with Gasteiger partial charge in [-0.05, 0) is 46.5 Å². The molecule has 1 aliphatic heterocycles. The average molecular weight is 268 g/mol. The average Bonchev–Trinajstić information content (AvgIpc) is 2.97. The number of ether oxygens (including phenoxy) is 1. The van der Waals surface area contributed by atoms with Gasteiger partial charge >= 0.3 is 6.09 Å². The summed E-state index contributed by atoms with van der Waals surface area (Å²) in [5.41, 5.74) is -0.345. The zero-order valence-corrected chi connectivity index (χ0v) is 12.1. The van der Waals surface area contributed by atoms with Gasteiger partial charge in [0, 0.05) is 24.5 Å². The van der Waals surface area contributed by atoms with Gasteiger partial charge in [0.15, 0.2) is 6.10 Å². The van der Waals surface area contributed by atoms with E-state index >= 15 is 0 Å². The summed E-state index contributed by atoms with van der Waals surface area (Å²) in [6.07, 6.45) is 2.99. The van der Waals surface area contributed by atoms with Gasteiger partial charge in [0.25, 0.3) is 5.91 Å². The van der Waals surface area contributed by atoms with Crippen molar-refractivity contribution in [2.24, 2.45) is 5.92 Å². The van der Waals surface area contributed by atoms with E-state index in [4.69, 9.17) is 4.74 Å². The lowest BCUT2D eigenvalue weighted by Gasteiger charge is -2.26. The summed E-state index contributed by atoms with van der Waals surface area (Å²) < 4.78 is 5.38. The molecule has 0 radical (unpaired) electrons. The molecule has 108 valence electrons. The van der Waals surface area contributed by atoms with Crippen LogP contribution in [-0.2, 0) is 9.53 Å². The van der Waals surface area contributed by atoms with E-state index in [1.165, 1.54) is 0 Å². The van der Waals surface area contributed by atoms with Gasteiger partial charge in [0.2, 0.25) is 0 Å². The Hall–Kier alpha value is -1.26. The smallest absolute Gasteiger partial charge is 0.408 e. The fourth-order valence-corrected chi connectivity index (χ4v) is 2.32. The minimum atomic E-state index is -0.583. The van der Waals surface area contributed by atoms with Gasteiger partial charge in [-0.15, -0.1) is 0 Å². The van der Waals surface area contributed by atoms with E-state index in [1.807, 2.05) is 25.7 Å². The van der Waals surface area contributed by atoms with Crippen molar-refractivity contribution >= 4 is 12.0 Å². The van der Waals surface area contributed by atoms with Crippen LogP contribution in [0.2, 0.25) is 0 Å². The minimum Gasteiger partial charge on any atom is -0.436 e. The lowest BCUT2D eigenvalue weighted by atomic mass is 10.1. The fraction of sp³-hybridized carbons (Fsp3) is 0.857. The number of alkyl carbamates (subject to hydrolysis) is 1. The van der Waals surface area contributed by atoms with Gasteiger partial charge in [-0.2, -0.15) is 0 Å². The molecule has 0 aromatic rings. The van der Waals surface area contributed by atoms with E-state index in [1.54, 1.807) is 0 Å². The minimum absolute atomic E-state index is 0.0101. The third-order valence-corrected chi connectivity index (χ3v) is 3.42. The molecule has 5 nitrogen and oxygen atoms in total. The number of nitrogens with one attached hydrogen (secondary N) is 1. The highest BCUT2D eigenvalue weighted by Gasteiger charge is 2.42. The summed E-state index contributed by atoms with van der Waals surface area (Å²) in [5.74, 6) is 0.211. The fourth-order valence-electron chi connectivity index (χ4n) is 2.32. The van der Waals surface area contributed by atoms with Crippen LogP contribution in [0.4, 0.5) is 4.79 Å². The first-order valence-corrected chi connectivity index (χ1v) is 7.14. The molecule has 19 heavy (non-hydrogen) atoms. The molecule has 1 unspecified atom stereocenters. The second-order valence-electron chi connectivity index (χ2n) is 6.57. The summed E-state index contributed by atoms with van der Waals surface area (Å²) in [4.78, 5) is 26.0. The van der Waals surface area contributed by atoms with Gasteiger partial charge in [0.05, 0.1) is 0 Å². The van der Waals surface area contributed by atoms with Crippen LogP contribution >= 0.6 is 0 Å². The molecule has 1 aliphatic carbocycles. The maximum absolute atomic E-state index is 12.3. The number of likely N-dealkylation sites (tertiary alicyclic amines) is 1. The zero-order chi connectivity index (χ0) is 14.0. The number of nitrogens with zero attached hydrogens (tertiary/aromatic N) is 1. The van der Waals surface area contributed by atoms with Crippen LogP contribution in [0.25, 0.3) is 0 Å². The van der Waals surface area contributed by atoms with Crippen molar-refractivity contribution in [3.05, 3.63) is 0 Å². The van der Waals surface area contributed by atoms with Crippen LogP contribution in [0.1, 0.15) is 46.5 Å². The van der Waals surface area contributed by atoms with Crippen LogP contribution in [0.5, 0.6) is 0 Å². The molecule has 2 rings (SSSR count). The van der Waals surface area contributed by atoms with E-state index in [-0.39, 0.29) is 17.4 Å². The van der Waals surface area contributed by atoms with Crippen molar-refractivity contribution in [3.63, 3.8) is 0 Å². The van der Waals surface area contributed by atoms with Crippen LogP contribution in [0.3, 0.4) is 0 Å². The van der Waals surface area contributed by atoms with Gasteiger partial charge in [0.1, 0.15) is 0 Å². The van der Waals surface area contributed by atoms with E-state index in [0.29, 0.717) is 0 Å². The van der Waals surface area contributed by atoms with Gasteiger partial charge < -0.3 is 15.0 Å². The Balaban J connectivity index is 1.92. The molecule has 1 atom stereocenters. The second-order valence-corrected chi connectivity index (χ2v) is 6.57. The summed E-state index contributed by atoms with van der Waals surface area (Å²) in [6.45, 7) is 7.27. The molecule has 0 bridgehead atoms. The van der Waals surface area contributed by atoms with Gasteiger partial charge in [-0.25, -0.2) is 4.79 Å². The lowest BCUT2D eigenvalue weighted by Crippen LogP contribution is -2.46. The van der Waals surface area contributed by atoms with E-state index in [0.717, 1.165) is 38.8 Å². The van der Waals surface area contributed by atoms with E-state index in [2.05, 4.69) is 5.32 Å². The highest BCUT2D eigenvalue weighted by molar-refractivity contribution is 5.84. The van der Waals surface area contributed by atoms with Gasteiger partial charge in [-0.3, -0.25) is 4.79 Å². The molecular weight excluding hydrogens is 244 g/mol. The lowest BCUT2D eigenvalue weighted by molar-refractivity contribution is -0.140. The van der Waals surface area contributed by atoms with Crippen molar-refractivity contribution in [1.29, 1.82) is 0 Å². The van der Waals surface area contributed by atoms with Gasteiger partial charge in [-0.1, -0.05) is 0 Å². The predicted octanol–water partition coefficient (Wildman–Crippen LogP) is 1.91. The number of hydrogen-bond acceptors (Lipinski definition) is 3. The molecule has 0 aromatic heterocycles. The Kier molecular flexibility index (Phi) is 4.02. The van der Waals surface area contributed by atoms with Crippen molar-refractivity contribution < 1.29 is 14.3 Å². The van der Waals surface area contributed by atoms with E-state index < -0.39 is 12.2 Å². The highest BCUT2D eigenvalue weighted by Crippen LogP contribution is 2.35. The third kappa shape index (κ3) is 4.11. The predicted molar refractivity (Wildman–Crippen MR) is 71.7 cm³/mol. The number of rotatable bonds is 3. The zero-order valence-electron chi connectivity index (χ0n) is 12.1. The summed E-state index contributed by atoms with van der Waals surface area (Å²) in [5, 5.41) is 2.75. The molecule has 1 N–H and O–H groups in total. The molecule has 0 spiro atoms. The van der Waals surface area contributed by atoms with Crippen LogP contribution in [0.15, 0.2) is 0 Å². The standard InChI is InChI=1S/C14H24N2O3/c1-14(2,3)15-13(18)19-11(10-6-7-10)12(17)16-8-4-5-9-16/h10-11H,4-9H2,1-3H3,(H,15,18). The molecule has 5 heteroatoms. The Morgan fingerprint density at radius 1 is 1.21 bits per heavy atom. The van der Waals surface area contributed by atoms with Crippen molar-refractivity contribution in [2.75, 3.05) is 13.1 Å². The maximum Gasteiger partial charge on any atom is 0.408 e. The first-order chi connectivity index (χ1) is 8.87. The first kappa shape index (κ1) is 14.2. The van der Waals surface area contributed by atoms with Crippen molar-refractivity contribution in [2.45, 2.75) is 58.1 Å². The molecule has 1 heterocycles. The third-order valence-electron chi connectivity index (χ3n) is 3.42. The van der Waals surface area contributed by atoms with Crippen molar-refractivity contribution in [3.8, 4) is 0 Å². The SMILES string of the molecule is CC(C)(C)NC(=O)OC(C(=O)N1CCCC1)C1CC1. The molecule has 2 aliphatic rings. The molecule has 1 saturated heterocycles. The number of amides is 2. The Morgan fingerprint density at radius 2 is 1.79 bits per heavy atom. The second kappa shape index (κ2) is 5.39. The topological polar surface area (TPSA) is 58.6 Å². The summed E-state index contributed by atoms with van der Waals surface area (Å²) in [7, 11) is 0. The molecule has 1 saturated carbocycles. The quantitative estimate of drug-likeness (QED) is 0.850. The van der Waals surface area contributed by atoms with Crippen molar-refractivity contribution in [1.82, 2.24) is 10.2 Å². The Morgan fingerprint density at radius 3 is 2.26 bits per heavy atom. The van der Waals surface area contributed by atoms with E-state index in [9.17, 15) is 9.59 Å². The number of hydrogen-bond donors (Lipinski definition) is 1. The highest BCUT2D eigenvalue weighted by atomic mass is 16.6. The molecular formula is C14H24N2O3. The molecule has 0 aromatic carbocycles. The Bertz CT molecular complexity index is 352. The summed E-state index contributed by atoms with van der Waals surface area (Å²) in [6, 6.07) is 0. The summed E-state index contributed by atoms with van der Waals surface area (Å²) >= 11 is 0. The molecule has 2 fully saturated rings.